The van der Waals surface area contributed by atoms with Crippen LogP contribution in [0.2, 0.25) is 0 Å². The highest BCUT2D eigenvalue weighted by molar-refractivity contribution is 6.00. The number of nitrogens with two attached hydrogens (primary N) is 1. The van der Waals surface area contributed by atoms with E-state index in [0.29, 0.717) is 5.56 Å². The van der Waals surface area contributed by atoms with Crippen LogP contribution < -0.4 is 5.73 Å². The lowest BCUT2D eigenvalue weighted by molar-refractivity contribution is 0.0961. The quantitative estimate of drug-likeness (QED) is 0.836. The van der Waals surface area contributed by atoms with Crippen molar-refractivity contribution in [1.29, 1.82) is 0 Å². The van der Waals surface area contributed by atoms with Crippen molar-refractivity contribution in [1.82, 2.24) is 0 Å². The number of ketones is 1. The molecule has 2 rings (SSSR count). The number of benzene rings is 2. The summed E-state index contributed by atoms with van der Waals surface area (Å²) in [5, 5.41) is 0. The molecule has 0 saturated heterocycles. The minimum atomic E-state index is -0.590. The van der Waals surface area contributed by atoms with Gasteiger partial charge in [0.05, 0.1) is 6.04 Å². The van der Waals surface area contributed by atoms with Gasteiger partial charge in [-0.15, -0.1) is 0 Å². The van der Waals surface area contributed by atoms with Gasteiger partial charge in [-0.1, -0.05) is 59.7 Å². The van der Waals surface area contributed by atoms with Gasteiger partial charge in [-0.2, -0.15) is 0 Å². The molecule has 0 spiro atoms. The molecule has 0 saturated carbocycles. The zero-order valence-electron chi connectivity index (χ0n) is 10.7. The van der Waals surface area contributed by atoms with Gasteiger partial charge in [0.1, 0.15) is 0 Å². The first kappa shape index (κ1) is 12.5. The smallest absolute Gasteiger partial charge is 0.184 e. The normalized spacial score (nSPS) is 12.2. The van der Waals surface area contributed by atoms with Crippen LogP contribution in [0.25, 0.3) is 0 Å². The molecular formula is C16H17NO. The summed E-state index contributed by atoms with van der Waals surface area (Å²) in [6.07, 6.45) is 0. The first-order chi connectivity index (χ1) is 8.58. The fourth-order valence-corrected chi connectivity index (χ4v) is 1.82. The summed E-state index contributed by atoms with van der Waals surface area (Å²) in [5.41, 5.74) is 9.82. The van der Waals surface area contributed by atoms with Crippen LogP contribution in [-0.2, 0) is 0 Å². The van der Waals surface area contributed by atoms with E-state index in [4.69, 9.17) is 5.73 Å². The van der Waals surface area contributed by atoms with Gasteiger partial charge < -0.3 is 5.73 Å². The Hall–Kier alpha value is -1.93. The van der Waals surface area contributed by atoms with Gasteiger partial charge in [0.15, 0.2) is 5.78 Å². The van der Waals surface area contributed by atoms with Gasteiger partial charge >= 0.3 is 0 Å². The van der Waals surface area contributed by atoms with Crippen LogP contribution in [0.4, 0.5) is 0 Å². The molecule has 2 N–H and O–H groups in total. The van der Waals surface area contributed by atoms with Crippen LogP contribution in [0.3, 0.4) is 0 Å². The van der Waals surface area contributed by atoms with Crippen molar-refractivity contribution < 1.29 is 4.79 Å². The SMILES string of the molecule is Cc1ccc(C(=O)C(N)c2ccc(C)cc2)cc1. The van der Waals surface area contributed by atoms with Crippen molar-refractivity contribution in [2.24, 2.45) is 5.73 Å². The lowest BCUT2D eigenvalue weighted by Gasteiger charge is -2.11. The van der Waals surface area contributed by atoms with E-state index >= 15 is 0 Å². The number of hydrogen-bond donors (Lipinski definition) is 1. The molecule has 18 heavy (non-hydrogen) atoms. The van der Waals surface area contributed by atoms with E-state index in [1.54, 1.807) is 0 Å². The Morgan fingerprint density at radius 2 is 1.33 bits per heavy atom. The highest BCUT2D eigenvalue weighted by Gasteiger charge is 2.17. The van der Waals surface area contributed by atoms with Gasteiger partial charge in [-0.05, 0) is 19.4 Å². The Labute approximate surface area is 107 Å². The summed E-state index contributed by atoms with van der Waals surface area (Å²) in [5.74, 6) is -0.0427. The number of carbonyl (C=O) groups is 1. The zero-order chi connectivity index (χ0) is 13.1. The largest absolute Gasteiger partial charge is 0.318 e. The molecule has 2 heteroatoms. The minimum Gasteiger partial charge on any atom is -0.318 e. The van der Waals surface area contributed by atoms with Gasteiger partial charge in [-0.3, -0.25) is 4.79 Å². The Kier molecular flexibility index (Phi) is 3.58. The molecule has 0 aromatic heterocycles. The van der Waals surface area contributed by atoms with Crippen molar-refractivity contribution in [3.8, 4) is 0 Å². The Bertz CT molecular complexity index is 540. The van der Waals surface area contributed by atoms with E-state index in [9.17, 15) is 4.79 Å². The highest BCUT2D eigenvalue weighted by atomic mass is 16.1. The Balaban J connectivity index is 2.23. The second kappa shape index (κ2) is 5.15. The number of aryl methyl sites for hydroxylation is 2. The molecule has 0 heterocycles. The summed E-state index contributed by atoms with van der Waals surface area (Å²) >= 11 is 0. The maximum Gasteiger partial charge on any atom is 0.184 e. The first-order valence-corrected chi connectivity index (χ1v) is 6.01. The van der Waals surface area contributed by atoms with Crippen LogP contribution in [0.1, 0.15) is 33.1 Å². The molecule has 0 amide bonds. The van der Waals surface area contributed by atoms with Gasteiger partial charge in [-0.25, -0.2) is 0 Å². The molecule has 2 aromatic carbocycles. The van der Waals surface area contributed by atoms with Crippen LogP contribution >= 0.6 is 0 Å². The second-order valence-corrected chi connectivity index (χ2v) is 4.62. The summed E-state index contributed by atoms with van der Waals surface area (Å²) in [4.78, 5) is 12.2. The lowest BCUT2D eigenvalue weighted by Crippen LogP contribution is -2.21. The summed E-state index contributed by atoms with van der Waals surface area (Å²) < 4.78 is 0. The molecule has 0 aliphatic heterocycles. The molecule has 1 unspecified atom stereocenters. The number of carbonyl (C=O) groups excluding carboxylic acids is 1. The maximum absolute atomic E-state index is 12.2. The van der Waals surface area contributed by atoms with Crippen LogP contribution in [-0.4, -0.2) is 5.78 Å². The second-order valence-electron chi connectivity index (χ2n) is 4.62. The third-order valence-electron chi connectivity index (χ3n) is 3.06. The summed E-state index contributed by atoms with van der Waals surface area (Å²) in [6, 6.07) is 14.7. The number of rotatable bonds is 3. The molecule has 92 valence electrons. The van der Waals surface area contributed by atoms with Crippen LogP contribution in [0, 0.1) is 13.8 Å². The molecule has 1 atom stereocenters. The van der Waals surface area contributed by atoms with E-state index in [-0.39, 0.29) is 5.78 Å². The summed E-state index contributed by atoms with van der Waals surface area (Å²) in [6.45, 7) is 4.01. The first-order valence-electron chi connectivity index (χ1n) is 6.01. The number of hydrogen-bond acceptors (Lipinski definition) is 2. The standard InChI is InChI=1S/C16H17NO/c1-11-3-7-13(8-4-11)15(17)16(18)14-9-5-12(2)6-10-14/h3-10,15H,17H2,1-2H3. The van der Waals surface area contributed by atoms with E-state index < -0.39 is 6.04 Å². The molecular weight excluding hydrogens is 222 g/mol. The van der Waals surface area contributed by atoms with Crippen molar-refractivity contribution in [2.75, 3.05) is 0 Å². The molecule has 2 aromatic rings. The molecule has 0 bridgehead atoms. The van der Waals surface area contributed by atoms with Crippen molar-refractivity contribution in [3.63, 3.8) is 0 Å². The molecule has 0 aliphatic rings. The highest BCUT2D eigenvalue weighted by Crippen LogP contribution is 2.17. The van der Waals surface area contributed by atoms with Crippen LogP contribution in [0.15, 0.2) is 48.5 Å². The topological polar surface area (TPSA) is 43.1 Å². The molecule has 0 aliphatic carbocycles. The third kappa shape index (κ3) is 2.66. The van der Waals surface area contributed by atoms with Crippen molar-refractivity contribution in [2.45, 2.75) is 19.9 Å². The molecule has 0 fully saturated rings. The van der Waals surface area contributed by atoms with E-state index in [1.807, 2.05) is 62.4 Å². The average molecular weight is 239 g/mol. The fraction of sp³-hybridized carbons (Fsp3) is 0.188. The minimum absolute atomic E-state index is 0.0427. The summed E-state index contributed by atoms with van der Waals surface area (Å²) in [7, 11) is 0. The lowest BCUT2D eigenvalue weighted by atomic mass is 9.97. The zero-order valence-corrected chi connectivity index (χ0v) is 10.7. The third-order valence-corrected chi connectivity index (χ3v) is 3.06. The van der Waals surface area contributed by atoms with Crippen LogP contribution in [0.5, 0.6) is 0 Å². The monoisotopic (exact) mass is 239 g/mol. The Morgan fingerprint density at radius 1 is 0.889 bits per heavy atom. The fourth-order valence-electron chi connectivity index (χ4n) is 1.82. The van der Waals surface area contributed by atoms with E-state index in [2.05, 4.69) is 0 Å². The molecule has 0 radical (unpaired) electrons. The van der Waals surface area contributed by atoms with E-state index in [1.165, 1.54) is 0 Å². The van der Waals surface area contributed by atoms with Crippen molar-refractivity contribution in [3.05, 3.63) is 70.8 Å². The molecule has 2 nitrogen and oxygen atoms in total. The Morgan fingerprint density at radius 3 is 1.83 bits per heavy atom. The van der Waals surface area contributed by atoms with E-state index in [0.717, 1.165) is 16.7 Å². The number of Topliss-reactive ketones (excluding diaryl/α,β-unsaturated/α-hetero) is 1. The maximum atomic E-state index is 12.2. The van der Waals surface area contributed by atoms with Gasteiger partial charge in [0.25, 0.3) is 0 Å². The average Bonchev–Trinajstić information content (AvgIpc) is 2.39. The predicted octanol–water partition coefficient (Wildman–Crippen LogP) is 3.19. The van der Waals surface area contributed by atoms with Crippen molar-refractivity contribution >= 4 is 5.78 Å². The van der Waals surface area contributed by atoms with Gasteiger partial charge in [0.2, 0.25) is 0 Å². The van der Waals surface area contributed by atoms with Gasteiger partial charge in [0, 0.05) is 5.56 Å². The predicted molar refractivity (Wildman–Crippen MR) is 73.6 cm³/mol.